The van der Waals surface area contributed by atoms with E-state index < -0.39 is 6.10 Å². The number of para-hydroxylation sites is 1. The molecule has 1 aromatic carbocycles. The Morgan fingerprint density at radius 1 is 1.25 bits per heavy atom. The number of nitrogens with one attached hydrogen (secondary N) is 1. The van der Waals surface area contributed by atoms with Gasteiger partial charge < -0.3 is 24.3 Å². The molecule has 1 atom stereocenters. The molecule has 2 N–H and O–H groups in total. The first-order valence-corrected chi connectivity index (χ1v) is 11.1. The minimum Gasteiger partial charge on any atom is -0.496 e. The van der Waals surface area contributed by atoms with Crippen molar-refractivity contribution >= 4 is 5.91 Å². The van der Waals surface area contributed by atoms with Crippen LogP contribution in [0.4, 0.5) is 0 Å². The van der Waals surface area contributed by atoms with E-state index in [1.165, 1.54) is 6.26 Å². The number of rotatable bonds is 12. The summed E-state index contributed by atoms with van der Waals surface area (Å²) in [5, 5.41) is 12.9. The van der Waals surface area contributed by atoms with Crippen molar-refractivity contribution < 1.29 is 23.8 Å². The van der Waals surface area contributed by atoms with Gasteiger partial charge in [-0.3, -0.25) is 14.6 Å². The summed E-state index contributed by atoms with van der Waals surface area (Å²) in [5.74, 6) is 1.10. The first-order chi connectivity index (χ1) is 15.6. The number of ether oxygens (including phenoxy) is 2. The zero-order valence-corrected chi connectivity index (χ0v) is 19.0. The number of methoxy groups -OCH3 is 1. The lowest BCUT2D eigenvalue weighted by Gasteiger charge is -2.34. The number of carbonyl (C=O) groups excluding carboxylic acids is 1. The lowest BCUT2D eigenvalue weighted by atomic mass is 10.1. The second-order valence-corrected chi connectivity index (χ2v) is 7.83. The number of carbonyl (C=O) groups is 1. The molecule has 2 aromatic rings. The number of aliphatic hydroxyl groups is 1. The van der Waals surface area contributed by atoms with Crippen LogP contribution in [0.3, 0.4) is 0 Å². The van der Waals surface area contributed by atoms with Gasteiger partial charge in [-0.1, -0.05) is 18.2 Å². The zero-order valence-electron chi connectivity index (χ0n) is 19.0. The summed E-state index contributed by atoms with van der Waals surface area (Å²) in [5.41, 5.74) is 1.33. The van der Waals surface area contributed by atoms with E-state index in [0.29, 0.717) is 45.2 Å². The summed E-state index contributed by atoms with van der Waals surface area (Å²) in [4.78, 5) is 21.2. The average Bonchev–Trinajstić information content (AvgIpc) is 3.28. The Kier molecular flexibility index (Phi) is 9.48. The van der Waals surface area contributed by atoms with E-state index in [0.717, 1.165) is 37.5 Å². The van der Waals surface area contributed by atoms with Gasteiger partial charge in [0.25, 0.3) is 5.91 Å². The zero-order chi connectivity index (χ0) is 22.8. The fourth-order valence-corrected chi connectivity index (χ4v) is 3.72. The highest BCUT2D eigenvalue weighted by Gasteiger charge is 2.21. The van der Waals surface area contributed by atoms with E-state index in [-0.39, 0.29) is 11.6 Å². The maximum atomic E-state index is 12.4. The number of hydrogen-bond acceptors (Lipinski definition) is 8. The summed E-state index contributed by atoms with van der Waals surface area (Å²) in [7, 11) is 1.64. The number of aliphatic hydroxyl groups excluding tert-OH is 1. The van der Waals surface area contributed by atoms with Crippen molar-refractivity contribution in [3.63, 3.8) is 0 Å². The highest BCUT2D eigenvalue weighted by atomic mass is 16.5. The fourth-order valence-electron chi connectivity index (χ4n) is 3.72. The minimum absolute atomic E-state index is 0.247. The van der Waals surface area contributed by atoms with Crippen LogP contribution in [0.15, 0.2) is 34.9 Å². The molecule has 1 aliphatic heterocycles. The molecule has 0 saturated carbocycles. The van der Waals surface area contributed by atoms with Crippen LogP contribution in [0.2, 0.25) is 0 Å². The summed E-state index contributed by atoms with van der Waals surface area (Å²) in [6.07, 6.45) is 1.62. The van der Waals surface area contributed by atoms with E-state index >= 15 is 0 Å². The summed E-state index contributed by atoms with van der Waals surface area (Å²) in [6, 6.07) is 7.76. The topological polar surface area (TPSA) is 100 Å². The van der Waals surface area contributed by atoms with E-state index in [9.17, 15) is 9.90 Å². The molecule has 2 heterocycles. The van der Waals surface area contributed by atoms with Crippen molar-refractivity contribution in [1.29, 1.82) is 0 Å². The number of hydrogen-bond donors (Lipinski definition) is 2. The van der Waals surface area contributed by atoms with Gasteiger partial charge in [0.2, 0.25) is 5.89 Å². The molecule has 1 amide bonds. The summed E-state index contributed by atoms with van der Waals surface area (Å²) < 4.78 is 16.1. The Morgan fingerprint density at radius 2 is 2.00 bits per heavy atom. The molecule has 1 aromatic heterocycles. The molecule has 3 rings (SSSR count). The molecule has 0 aliphatic carbocycles. The number of β-amino-alcohol motifs (C(OH)–C–C–N with tert-alkyl or cyclic N) is 1. The number of piperazine rings is 1. The number of benzene rings is 1. The molecule has 9 heteroatoms. The normalized spacial score (nSPS) is 16.1. The Balaban J connectivity index is 1.38. The highest BCUT2D eigenvalue weighted by molar-refractivity contribution is 5.91. The monoisotopic (exact) mass is 446 g/mol. The molecule has 9 nitrogen and oxygen atoms in total. The van der Waals surface area contributed by atoms with Crippen molar-refractivity contribution in [2.24, 2.45) is 0 Å². The largest absolute Gasteiger partial charge is 0.496 e. The van der Waals surface area contributed by atoms with Crippen molar-refractivity contribution in [3.8, 4) is 5.75 Å². The van der Waals surface area contributed by atoms with Crippen LogP contribution in [-0.2, 0) is 17.7 Å². The molecule has 0 bridgehead atoms. The number of nitrogens with zero attached hydrogens (tertiary/aromatic N) is 3. The standard InChI is InChI=1S/C23H34N4O5/c1-3-31-16-19(28)14-26-10-12-27(13-11-26)15-22-25-20(17-32-22)23(29)24-9-8-18-6-4-5-7-21(18)30-2/h4-7,17,19,28H,3,8-16H2,1-2H3,(H,24,29). The van der Waals surface area contributed by atoms with Gasteiger partial charge in [-0.25, -0.2) is 4.98 Å². The molecule has 1 fully saturated rings. The molecule has 1 unspecified atom stereocenters. The lowest BCUT2D eigenvalue weighted by molar-refractivity contribution is 0.00949. The van der Waals surface area contributed by atoms with Gasteiger partial charge in [-0.15, -0.1) is 0 Å². The molecule has 1 aliphatic rings. The Bertz CT molecular complexity index is 835. The van der Waals surface area contributed by atoms with Gasteiger partial charge in [-0.2, -0.15) is 0 Å². The van der Waals surface area contributed by atoms with E-state index in [1.54, 1.807) is 7.11 Å². The van der Waals surface area contributed by atoms with Crippen LogP contribution in [0.1, 0.15) is 28.9 Å². The number of amides is 1. The maximum Gasteiger partial charge on any atom is 0.273 e. The second kappa shape index (κ2) is 12.5. The van der Waals surface area contributed by atoms with Crippen LogP contribution in [0.25, 0.3) is 0 Å². The van der Waals surface area contributed by atoms with Crippen molar-refractivity contribution in [2.45, 2.75) is 26.0 Å². The third kappa shape index (κ3) is 7.30. The first kappa shape index (κ1) is 24.2. The van der Waals surface area contributed by atoms with Gasteiger partial charge in [0.05, 0.1) is 26.4 Å². The van der Waals surface area contributed by atoms with E-state index in [4.69, 9.17) is 13.9 Å². The molecule has 0 radical (unpaired) electrons. The van der Waals surface area contributed by atoms with Crippen LogP contribution < -0.4 is 10.1 Å². The molecule has 1 saturated heterocycles. The van der Waals surface area contributed by atoms with Gasteiger partial charge >= 0.3 is 0 Å². The maximum absolute atomic E-state index is 12.4. The molecular weight excluding hydrogens is 412 g/mol. The first-order valence-electron chi connectivity index (χ1n) is 11.1. The third-order valence-electron chi connectivity index (χ3n) is 5.46. The fraction of sp³-hybridized carbons (Fsp3) is 0.565. The van der Waals surface area contributed by atoms with Crippen molar-refractivity contribution in [2.75, 3.05) is 59.6 Å². The average molecular weight is 447 g/mol. The van der Waals surface area contributed by atoms with Crippen LogP contribution >= 0.6 is 0 Å². The predicted octanol–water partition coefficient (Wildman–Crippen LogP) is 1.17. The van der Waals surface area contributed by atoms with Crippen LogP contribution in [0, 0.1) is 0 Å². The SMILES string of the molecule is CCOCC(O)CN1CCN(Cc2nc(C(=O)NCCc3ccccc3OC)co2)CC1. The second-order valence-electron chi connectivity index (χ2n) is 7.83. The predicted molar refractivity (Wildman–Crippen MR) is 120 cm³/mol. The molecule has 0 spiro atoms. The highest BCUT2D eigenvalue weighted by Crippen LogP contribution is 2.17. The van der Waals surface area contributed by atoms with Gasteiger partial charge in [-0.05, 0) is 25.0 Å². The smallest absolute Gasteiger partial charge is 0.273 e. The minimum atomic E-state index is -0.461. The molecular formula is C23H34N4O5. The Morgan fingerprint density at radius 3 is 2.75 bits per heavy atom. The van der Waals surface area contributed by atoms with E-state index in [2.05, 4.69) is 20.1 Å². The van der Waals surface area contributed by atoms with Gasteiger partial charge in [0.1, 0.15) is 12.0 Å². The van der Waals surface area contributed by atoms with E-state index in [1.807, 2.05) is 31.2 Å². The van der Waals surface area contributed by atoms with Crippen molar-refractivity contribution in [3.05, 3.63) is 47.7 Å². The number of aromatic nitrogens is 1. The Labute approximate surface area is 189 Å². The van der Waals surface area contributed by atoms with Crippen LogP contribution in [-0.4, -0.2) is 91.5 Å². The lowest BCUT2D eigenvalue weighted by Crippen LogP contribution is -2.48. The van der Waals surface area contributed by atoms with Crippen LogP contribution in [0.5, 0.6) is 5.75 Å². The molecule has 176 valence electrons. The van der Waals surface area contributed by atoms with Gasteiger partial charge in [0.15, 0.2) is 5.69 Å². The summed E-state index contributed by atoms with van der Waals surface area (Å²) in [6.45, 7) is 7.99. The Hall–Kier alpha value is -2.46. The number of oxazole rings is 1. The quantitative estimate of drug-likeness (QED) is 0.501. The van der Waals surface area contributed by atoms with Gasteiger partial charge in [0, 0.05) is 45.9 Å². The molecule has 32 heavy (non-hydrogen) atoms. The third-order valence-corrected chi connectivity index (χ3v) is 5.46. The summed E-state index contributed by atoms with van der Waals surface area (Å²) >= 11 is 0. The van der Waals surface area contributed by atoms with Crippen molar-refractivity contribution in [1.82, 2.24) is 20.1 Å².